The minimum atomic E-state index is -1.77. The molecule has 0 aromatic heterocycles. The van der Waals surface area contributed by atoms with E-state index in [1.54, 1.807) is 0 Å². The van der Waals surface area contributed by atoms with Crippen LogP contribution < -0.4 is 0 Å². The predicted octanol–water partition coefficient (Wildman–Crippen LogP) is 1.75. The summed E-state index contributed by atoms with van der Waals surface area (Å²) < 4.78 is 9.98. The first-order chi connectivity index (χ1) is 7.05. The number of esters is 1. The highest BCUT2D eigenvalue weighted by molar-refractivity contribution is 6.73. The van der Waals surface area contributed by atoms with Gasteiger partial charge >= 0.3 is 5.97 Å². The van der Waals surface area contributed by atoms with Crippen LogP contribution in [0, 0.1) is 0 Å². The SMILES string of the molecule is CC[Si](CC)(CC)OCC(=O)C(=O)OC. The maximum Gasteiger partial charge on any atom is 0.376 e. The maximum absolute atomic E-state index is 11.2. The minimum Gasteiger partial charge on any atom is -0.463 e. The summed E-state index contributed by atoms with van der Waals surface area (Å²) in [7, 11) is -0.569. The van der Waals surface area contributed by atoms with Gasteiger partial charge in [0.05, 0.1) is 7.11 Å². The smallest absolute Gasteiger partial charge is 0.376 e. The first-order valence-corrected chi connectivity index (χ1v) is 7.83. The van der Waals surface area contributed by atoms with Crippen molar-refractivity contribution in [2.45, 2.75) is 38.9 Å². The van der Waals surface area contributed by atoms with Crippen molar-refractivity contribution in [1.82, 2.24) is 0 Å². The second-order valence-electron chi connectivity index (χ2n) is 3.45. The van der Waals surface area contributed by atoms with Gasteiger partial charge in [0.25, 0.3) is 5.78 Å². The summed E-state index contributed by atoms with van der Waals surface area (Å²) in [5.74, 6) is -1.41. The summed E-state index contributed by atoms with van der Waals surface area (Å²) in [5, 5.41) is 0. The van der Waals surface area contributed by atoms with Gasteiger partial charge in [0.15, 0.2) is 8.32 Å². The van der Waals surface area contributed by atoms with Gasteiger partial charge in [-0.3, -0.25) is 4.79 Å². The molecule has 88 valence electrons. The normalized spacial score (nSPS) is 11.2. The van der Waals surface area contributed by atoms with Crippen molar-refractivity contribution in [3.63, 3.8) is 0 Å². The first-order valence-electron chi connectivity index (χ1n) is 5.30. The third kappa shape index (κ3) is 4.13. The topological polar surface area (TPSA) is 52.6 Å². The maximum atomic E-state index is 11.2. The molecule has 0 heterocycles. The highest BCUT2D eigenvalue weighted by Crippen LogP contribution is 2.21. The number of ketones is 1. The number of carbonyl (C=O) groups is 2. The fraction of sp³-hybridized carbons (Fsp3) is 0.800. The Kier molecular flexibility index (Phi) is 6.43. The zero-order chi connectivity index (χ0) is 11.9. The number of hydrogen-bond donors (Lipinski definition) is 0. The van der Waals surface area contributed by atoms with Crippen molar-refractivity contribution in [3.8, 4) is 0 Å². The van der Waals surface area contributed by atoms with Crippen LogP contribution in [0.2, 0.25) is 18.1 Å². The number of hydrogen-bond acceptors (Lipinski definition) is 4. The van der Waals surface area contributed by atoms with E-state index in [9.17, 15) is 9.59 Å². The van der Waals surface area contributed by atoms with Gasteiger partial charge in [0, 0.05) is 0 Å². The average molecular weight is 232 g/mol. The van der Waals surface area contributed by atoms with Gasteiger partial charge in [-0.1, -0.05) is 20.8 Å². The molecule has 0 bridgehead atoms. The van der Waals surface area contributed by atoms with E-state index in [1.807, 2.05) is 0 Å². The Bertz CT molecular complexity index is 215. The summed E-state index contributed by atoms with van der Waals surface area (Å²) >= 11 is 0. The summed E-state index contributed by atoms with van der Waals surface area (Å²) in [6, 6.07) is 2.90. The Morgan fingerprint density at radius 1 is 1.07 bits per heavy atom. The van der Waals surface area contributed by atoms with E-state index in [-0.39, 0.29) is 6.61 Å². The molecule has 0 fully saturated rings. The van der Waals surface area contributed by atoms with Crippen molar-refractivity contribution in [3.05, 3.63) is 0 Å². The Balaban J connectivity index is 4.22. The van der Waals surface area contributed by atoms with E-state index in [4.69, 9.17) is 4.43 Å². The molecule has 0 N–H and O–H groups in total. The van der Waals surface area contributed by atoms with Gasteiger partial charge in [0.2, 0.25) is 0 Å². The molecule has 0 aliphatic carbocycles. The Morgan fingerprint density at radius 2 is 1.53 bits per heavy atom. The van der Waals surface area contributed by atoms with Gasteiger partial charge in [-0.05, 0) is 18.1 Å². The van der Waals surface area contributed by atoms with Crippen molar-refractivity contribution in [2.24, 2.45) is 0 Å². The van der Waals surface area contributed by atoms with Gasteiger partial charge in [0.1, 0.15) is 6.61 Å². The second kappa shape index (κ2) is 6.74. The molecule has 0 atom stereocenters. The number of ether oxygens (including phenoxy) is 1. The Morgan fingerprint density at radius 3 is 1.87 bits per heavy atom. The van der Waals surface area contributed by atoms with Gasteiger partial charge in [-0.25, -0.2) is 4.79 Å². The molecular formula is C10H20O4Si. The third-order valence-electron chi connectivity index (χ3n) is 2.86. The standard InChI is InChI=1S/C10H20O4Si/c1-5-15(6-2,7-3)14-8-9(11)10(12)13-4/h5-8H2,1-4H3. The van der Waals surface area contributed by atoms with E-state index in [0.29, 0.717) is 0 Å². The molecule has 0 amide bonds. The summed E-state index contributed by atoms with van der Waals surface area (Å²) in [6.07, 6.45) is 0. The van der Waals surface area contributed by atoms with Crippen molar-refractivity contribution in [2.75, 3.05) is 13.7 Å². The highest BCUT2D eigenvalue weighted by Gasteiger charge is 2.30. The van der Waals surface area contributed by atoms with E-state index in [1.165, 1.54) is 7.11 Å². The lowest BCUT2D eigenvalue weighted by atomic mass is 10.4. The van der Waals surface area contributed by atoms with E-state index in [0.717, 1.165) is 18.1 Å². The zero-order valence-electron chi connectivity index (χ0n) is 9.96. The van der Waals surface area contributed by atoms with Crippen LogP contribution in [0.5, 0.6) is 0 Å². The Hall–Kier alpha value is -0.683. The molecule has 0 aromatic rings. The van der Waals surface area contributed by atoms with Crippen molar-refractivity contribution < 1.29 is 18.8 Å². The summed E-state index contributed by atoms with van der Waals surface area (Å²) in [4.78, 5) is 22.0. The molecule has 0 rings (SSSR count). The molecule has 0 radical (unpaired) electrons. The summed E-state index contributed by atoms with van der Waals surface area (Å²) in [6.45, 7) is 6.08. The van der Waals surface area contributed by atoms with Gasteiger partial charge in [-0.15, -0.1) is 0 Å². The van der Waals surface area contributed by atoms with Crippen LogP contribution in [0.25, 0.3) is 0 Å². The van der Waals surface area contributed by atoms with Crippen molar-refractivity contribution in [1.29, 1.82) is 0 Å². The number of rotatable bonds is 7. The van der Waals surface area contributed by atoms with E-state index < -0.39 is 20.1 Å². The molecule has 5 heteroatoms. The van der Waals surface area contributed by atoms with Crippen LogP contribution >= 0.6 is 0 Å². The van der Waals surface area contributed by atoms with Crippen LogP contribution in [0.1, 0.15) is 20.8 Å². The minimum absolute atomic E-state index is 0.131. The number of carbonyl (C=O) groups excluding carboxylic acids is 2. The predicted molar refractivity (Wildman–Crippen MR) is 60.2 cm³/mol. The molecule has 0 aliphatic rings. The van der Waals surface area contributed by atoms with E-state index in [2.05, 4.69) is 25.5 Å². The van der Waals surface area contributed by atoms with Gasteiger partial charge in [-0.2, -0.15) is 0 Å². The molecule has 0 saturated carbocycles. The zero-order valence-corrected chi connectivity index (χ0v) is 11.0. The van der Waals surface area contributed by atoms with Crippen molar-refractivity contribution >= 4 is 20.1 Å². The first kappa shape index (κ1) is 14.3. The fourth-order valence-electron chi connectivity index (χ4n) is 1.45. The Labute approximate surface area is 92.1 Å². The highest BCUT2D eigenvalue weighted by atomic mass is 28.4. The molecule has 0 aliphatic heterocycles. The molecule has 0 spiro atoms. The van der Waals surface area contributed by atoms with Crippen LogP contribution in [0.15, 0.2) is 0 Å². The average Bonchev–Trinajstić information content (AvgIpc) is 2.30. The lowest BCUT2D eigenvalue weighted by Gasteiger charge is -2.27. The molecule has 0 unspecified atom stereocenters. The molecule has 4 nitrogen and oxygen atoms in total. The quantitative estimate of drug-likeness (QED) is 0.381. The van der Waals surface area contributed by atoms with E-state index >= 15 is 0 Å². The van der Waals surface area contributed by atoms with Crippen LogP contribution in [-0.2, 0) is 18.8 Å². The molecule has 0 aromatic carbocycles. The number of methoxy groups -OCH3 is 1. The summed E-state index contributed by atoms with van der Waals surface area (Å²) in [5.41, 5.74) is 0. The fourth-order valence-corrected chi connectivity index (χ4v) is 4.00. The second-order valence-corrected chi connectivity index (χ2v) is 8.22. The molecule has 15 heavy (non-hydrogen) atoms. The van der Waals surface area contributed by atoms with Crippen LogP contribution in [0.3, 0.4) is 0 Å². The van der Waals surface area contributed by atoms with Gasteiger partial charge < -0.3 is 9.16 Å². The number of Topliss-reactive ketones (excluding diaryl/α,β-unsaturated/α-hetero) is 1. The third-order valence-corrected chi connectivity index (χ3v) is 7.48. The van der Waals surface area contributed by atoms with Crippen LogP contribution in [0.4, 0.5) is 0 Å². The van der Waals surface area contributed by atoms with Crippen LogP contribution in [-0.4, -0.2) is 33.8 Å². The monoisotopic (exact) mass is 232 g/mol. The lowest BCUT2D eigenvalue weighted by molar-refractivity contribution is -0.152. The largest absolute Gasteiger partial charge is 0.463 e. The lowest BCUT2D eigenvalue weighted by Crippen LogP contribution is -2.38. The molecule has 0 saturated heterocycles. The molecular weight excluding hydrogens is 212 g/mol.